The van der Waals surface area contributed by atoms with E-state index < -0.39 is 0 Å². The third kappa shape index (κ3) is 2.75. The van der Waals surface area contributed by atoms with Gasteiger partial charge < -0.3 is 10.6 Å². The number of carbonyl (C=O) groups is 1. The predicted octanol–water partition coefficient (Wildman–Crippen LogP) is 2.21. The molecule has 4 heteroatoms. The number of rotatable bonds is 1. The van der Waals surface area contributed by atoms with Gasteiger partial charge >= 0.3 is 0 Å². The number of nitrogen functional groups attached to an aromatic ring is 1. The van der Waals surface area contributed by atoms with Crippen molar-refractivity contribution in [3.63, 3.8) is 0 Å². The molecule has 2 N–H and O–H groups in total. The lowest BCUT2D eigenvalue weighted by atomic mass is 10.0. The van der Waals surface area contributed by atoms with Crippen LogP contribution in [-0.4, -0.2) is 28.9 Å². The Balaban J connectivity index is 1.81. The van der Waals surface area contributed by atoms with E-state index in [0.29, 0.717) is 11.3 Å². The van der Waals surface area contributed by atoms with Gasteiger partial charge in [0.15, 0.2) is 0 Å². The first-order chi connectivity index (χ1) is 10.1. The molecule has 0 saturated heterocycles. The minimum absolute atomic E-state index is 0.0205. The fourth-order valence-corrected chi connectivity index (χ4v) is 2.80. The molecule has 21 heavy (non-hydrogen) atoms. The van der Waals surface area contributed by atoms with Gasteiger partial charge in [-0.3, -0.25) is 9.78 Å². The van der Waals surface area contributed by atoms with E-state index in [1.807, 2.05) is 11.8 Å². The first kappa shape index (κ1) is 13.6. The van der Waals surface area contributed by atoms with Crippen LogP contribution in [0.3, 0.4) is 0 Å². The van der Waals surface area contributed by atoms with Crippen LogP contribution in [0.4, 0.5) is 5.69 Å². The zero-order valence-electron chi connectivity index (χ0n) is 12.2. The van der Waals surface area contributed by atoms with Crippen LogP contribution in [0.15, 0.2) is 36.5 Å². The van der Waals surface area contributed by atoms with Gasteiger partial charge in [-0.05, 0) is 37.0 Å². The van der Waals surface area contributed by atoms with E-state index in [1.165, 1.54) is 11.1 Å². The molecule has 3 rings (SSSR count). The van der Waals surface area contributed by atoms with E-state index in [9.17, 15) is 4.79 Å². The predicted molar refractivity (Wildman–Crippen MR) is 83.1 cm³/mol. The zero-order chi connectivity index (χ0) is 14.8. The van der Waals surface area contributed by atoms with Crippen molar-refractivity contribution < 1.29 is 4.79 Å². The number of hydrogen-bond acceptors (Lipinski definition) is 3. The van der Waals surface area contributed by atoms with E-state index in [2.05, 4.69) is 29.2 Å². The van der Waals surface area contributed by atoms with E-state index in [4.69, 9.17) is 5.73 Å². The van der Waals surface area contributed by atoms with Gasteiger partial charge in [0, 0.05) is 30.7 Å². The van der Waals surface area contributed by atoms with Crippen LogP contribution in [0.2, 0.25) is 0 Å². The summed E-state index contributed by atoms with van der Waals surface area (Å²) in [7, 11) is 0. The molecule has 1 aliphatic heterocycles. The summed E-state index contributed by atoms with van der Waals surface area (Å²) >= 11 is 0. The highest BCUT2D eigenvalue weighted by molar-refractivity contribution is 5.98. The van der Waals surface area contributed by atoms with Crippen molar-refractivity contribution in [2.75, 3.05) is 18.8 Å². The Labute approximate surface area is 124 Å². The molecule has 108 valence electrons. The average molecular weight is 281 g/mol. The highest BCUT2D eigenvalue weighted by Crippen LogP contribution is 2.19. The normalized spacial score (nSPS) is 14.4. The molecule has 0 unspecified atom stereocenters. The Kier molecular flexibility index (Phi) is 3.60. The molecule has 0 aliphatic carbocycles. The molecule has 0 bridgehead atoms. The third-order valence-electron chi connectivity index (χ3n) is 4.01. The molecule has 1 aromatic heterocycles. The number of hydrogen-bond donors (Lipinski definition) is 1. The number of pyridine rings is 1. The molecule has 0 spiro atoms. The van der Waals surface area contributed by atoms with Crippen LogP contribution >= 0.6 is 0 Å². The smallest absolute Gasteiger partial charge is 0.257 e. The Morgan fingerprint density at radius 1 is 1.19 bits per heavy atom. The number of aromatic nitrogens is 1. The second kappa shape index (κ2) is 5.56. The quantitative estimate of drug-likeness (QED) is 0.872. The fourth-order valence-electron chi connectivity index (χ4n) is 2.80. The summed E-state index contributed by atoms with van der Waals surface area (Å²) in [6, 6.07) is 10.1. The molecular formula is C17H19N3O. The lowest BCUT2D eigenvalue weighted by Gasteiger charge is -2.21. The van der Waals surface area contributed by atoms with Crippen LogP contribution in [0, 0.1) is 6.92 Å². The number of nitrogens with two attached hydrogens (primary N) is 1. The van der Waals surface area contributed by atoms with Crippen molar-refractivity contribution in [2.45, 2.75) is 19.8 Å². The van der Waals surface area contributed by atoms with Crippen molar-refractivity contribution >= 4 is 11.6 Å². The molecule has 0 atom stereocenters. The maximum absolute atomic E-state index is 12.6. The van der Waals surface area contributed by atoms with Crippen LogP contribution < -0.4 is 5.73 Å². The SMILES string of the molecule is Cc1cc(N)c(C(=O)N2CCc3ccccc3CC2)cn1. The van der Waals surface area contributed by atoms with E-state index in [-0.39, 0.29) is 5.91 Å². The minimum atomic E-state index is -0.0205. The van der Waals surface area contributed by atoms with Gasteiger partial charge in [-0.2, -0.15) is 0 Å². The van der Waals surface area contributed by atoms with E-state index in [0.717, 1.165) is 31.6 Å². The Hall–Kier alpha value is -2.36. The second-order valence-electron chi connectivity index (χ2n) is 5.47. The van der Waals surface area contributed by atoms with Crippen molar-refractivity contribution in [3.8, 4) is 0 Å². The second-order valence-corrected chi connectivity index (χ2v) is 5.47. The number of carbonyl (C=O) groups excluding carboxylic acids is 1. The number of nitrogens with zero attached hydrogens (tertiary/aromatic N) is 2. The number of benzene rings is 1. The molecule has 0 fully saturated rings. The van der Waals surface area contributed by atoms with Crippen molar-refractivity contribution in [1.82, 2.24) is 9.88 Å². The lowest BCUT2D eigenvalue weighted by molar-refractivity contribution is 0.0763. The summed E-state index contributed by atoms with van der Waals surface area (Å²) in [6.07, 6.45) is 3.37. The maximum atomic E-state index is 12.6. The highest BCUT2D eigenvalue weighted by Gasteiger charge is 2.21. The molecule has 2 aromatic rings. The fraction of sp³-hybridized carbons (Fsp3) is 0.294. The first-order valence-electron chi connectivity index (χ1n) is 7.23. The standard InChI is InChI=1S/C17H19N3O/c1-12-10-16(18)15(11-19-12)17(21)20-8-6-13-4-2-3-5-14(13)7-9-20/h2-5,10-11H,6-9H2,1H3,(H2,18,19). The van der Waals surface area contributed by atoms with Gasteiger partial charge in [-0.15, -0.1) is 0 Å². The summed E-state index contributed by atoms with van der Waals surface area (Å²) in [4.78, 5) is 18.7. The minimum Gasteiger partial charge on any atom is -0.398 e. The third-order valence-corrected chi connectivity index (χ3v) is 4.01. The molecule has 0 saturated carbocycles. The lowest BCUT2D eigenvalue weighted by Crippen LogP contribution is -2.33. The van der Waals surface area contributed by atoms with E-state index in [1.54, 1.807) is 12.3 Å². The van der Waals surface area contributed by atoms with Crippen LogP contribution in [0.1, 0.15) is 27.2 Å². The number of aryl methyl sites for hydroxylation is 1. The number of fused-ring (bicyclic) bond motifs is 1. The molecule has 1 amide bonds. The average Bonchev–Trinajstić information content (AvgIpc) is 2.69. The Morgan fingerprint density at radius 2 is 1.81 bits per heavy atom. The summed E-state index contributed by atoms with van der Waals surface area (Å²) in [5.41, 5.74) is 10.5. The first-order valence-corrected chi connectivity index (χ1v) is 7.23. The van der Waals surface area contributed by atoms with Gasteiger partial charge in [0.2, 0.25) is 0 Å². The van der Waals surface area contributed by atoms with Crippen LogP contribution in [0.5, 0.6) is 0 Å². The zero-order valence-corrected chi connectivity index (χ0v) is 12.2. The summed E-state index contributed by atoms with van der Waals surface area (Å²) in [5, 5.41) is 0. The van der Waals surface area contributed by atoms with Crippen molar-refractivity contribution in [3.05, 3.63) is 58.9 Å². The summed E-state index contributed by atoms with van der Waals surface area (Å²) < 4.78 is 0. The molecule has 0 radical (unpaired) electrons. The Morgan fingerprint density at radius 3 is 2.38 bits per heavy atom. The largest absolute Gasteiger partial charge is 0.398 e. The number of anilines is 1. The van der Waals surface area contributed by atoms with Gasteiger partial charge in [0.05, 0.1) is 5.56 Å². The van der Waals surface area contributed by atoms with Crippen LogP contribution in [-0.2, 0) is 12.8 Å². The number of amides is 1. The molecular weight excluding hydrogens is 262 g/mol. The summed E-state index contributed by atoms with van der Waals surface area (Å²) in [6.45, 7) is 3.32. The molecule has 1 aliphatic rings. The van der Waals surface area contributed by atoms with Gasteiger partial charge in [0.25, 0.3) is 5.91 Å². The van der Waals surface area contributed by atoms with Crippen molar-refractivity contribution in [2.24, 2.45) is 0 Å². The van der Waals surface area contributed by atoms with Crippen LogP contribution in [0.25, 0.3) is 0 Å². The van der Waals surface area contributed by atoms with Gasteiger partial charge in [-0.1, -0.05) is 24.3 Å². The van der Waals surface area contributed by atoms with Gasteiger partial charge in [0.1, 0.15) is 0 Å². The Bertz CT molecular complexity index is 654. The molecule has 1 aromatic carbocycles. The van der Waals surface area contributed by atoms with Crippen molar-refractivity contribution in [1.29, 1.82) is 0 Å². The molecule has 2 heterocycles. The topological polar surface area (TPSA) is 59.2 Å². The maximum Gasteiger partial charge on any atom is 0.257 e. The van der Waals surface area contributed by atoms with E-state index >= 15 is 0 Å². The highest BCUT2D eigenvalue weighted by atomic mass is 16.2. The monoisotopic (exact) mass is 281 g/mol. The molecule has 4 nitrogen and oxygen atoms in total. The van der Waals surface area contributed by atoms with Gasteiger partial charge in [-0.25, -0.2) is 0 Å². The summed E-state index contributed by atoms with van der Waals surface area (Å²) in [5.74, 6) is -0.0205.